The number of ether oxygens (including phenoxy) is 1. The fourth-order valence-electron chi connectivity index (χ4n) is 6.65. The molecule has 2 fully saturated rings. The first kappa shape index (κ1) is 25.9. The second kappa shape index (κ2) is 8.93. The van der Waals surface area contributed by atoms with Crippen LogP contribution in [0.5, 0.6) is 11.5 Å². The van der Waals surface area contributed by atoms with Crippen LogP contribution in [-0.2, 0) is 20.8 Å². The molecular formula is C28H30N2O8. The molecule has 200 valence electrons. The third kappa shape index (κ3) is 3.48. The lowest BCUT2D eigenvalue weighted by molar-refractivity contribution is -0.184. The highest BCUT2D eigenvalue weighted by Gasteiger charge is 2.67. The van der Waals surface area contributed by atoms with Crippen molar-refractivity contribution in [1.29, 1.82) is 0 Å². The van der Waals surface area contributed by atoms with Crippen molar-refractivity contribution in [2.75, 3.05) is 21.2 Å². The van der Waals surface area contributed by atoms with Crippen LogP contribution in [0.2, 0.25) is 0 Å². The Morgan fingerprint density at radius 3 is 2.34 bits per heavy atom. The highest BCUT2D eigenvalue weighted by Crippen LogP contribution is 2.53. The molecular weight excluding hydrogens is 492 g/mol. The molecule has 2 saturated carbocycles. The van der Waals surface area contributed by atoms with Crippen LogP contribution in [0.15, 0.2) is 42.0 Å². The number of aliphatic hydroxyl groups is 3. The lowest BCUT2D eigenvalue weighted by Crippen LogP contribution is -2.73. The Morgan fingerprint density at radius 1 is 1.11 bits per heavy atom. The molecule has 0 radical (unpaired) electrons. The zero-order valence-corrected chi connectivity index (χ0v) is 21.2. The fraction of sp³-hybridized carbons (Fsp3) is 0.393. The first-order valence-electron chi connectivity index (χ1n) is 12.3. The van der Waals surface area contributed by atoms with Crippen LogP contribution in [0, 0.1) is 17.8 Å². The van der Waals surface area contributed by atoms with Gasteiger partial charge < -0.3 is 35.8 Å². The van der Waals surface area contributed by atoms with E-state index in [0.717, 1.165) is 11.1 Å². The Labute approximate surface area is 218 Å². The number of carbonyl (C=O) groups excluding carboxylic acids is 3. The van der Waals surface area contributed by atoms with Gasteiger partial charge in [0.15, 0.2) is 11.4 Å². The molecule has 0 aromatic heterocycles. The van der Waals surface area contributed by atoms with Crippen LogP contribution >= 0.6 is 0 Å². The SMILES string of the molecule is COc1ccc(-c2ccc(O)c3c2C[C@@H]2C[C@@H]4[C@@H](N(C)C)C(O)C(C(N)=O)C(=O)[C@]4(O)C(=O)C2=C3O)cc1. The summed E-state index contributed by atoms with van der Waals surface area (Å²) in [6.07, 6.45) is -1.23. The topological polar surface area (TPSA) is 171 Å². The zero-order valence-electron chi connectivity index (χ0n) is 21.2. The maximum Gasteiger partial charge on any atom is 0.230 e. The Balaban J connectivity index is 1.68. The van der Waals surface area contributed by atoms with E-state index in [9.17, 15) is 34.8 Å². The number of Topliss-reactive ketones (excluding diaryl/α,β-unsaturated/α-hetero) is 2. The molecule has 5 rings (SSSR count). The molecule has 10 nitrogen and oxygen atoms in total. The van der Waals surface area contributed by atoms with E-state index in [1.807, 2.05) is 12.1 Å². The largest absolute Gasteiger partial charge is 0.507 e. The molecule has 6 N–H and O–H groups in total. The van der Waals surface area contributed by atoms with Crippen molar-refractivity contribution < 1.29 is 39.5 Å². The van der Waals surface area contributed by atoms with Crippen molar-refractivity contribution >= 4 is 23.2 Å². The zero-order chi connectivity index (χ0) is 27.7. The molecule has 10 heteroatoms. The number of hydrogen-bond donors (Lipinski definition) is 5. The molecule has 0 saturated heterocycles. The Hall–Kier alpha value is -3.73. The molecule has 1 amide bonds. The number of carbonyl (C=O) groups is 3. The number of rotatable bonds is 4. The Kier molecular flexibility index (Phi) is 6.09. The molecule has 6 atom stereocenters. The van der Waals surface area contributed by atoms with E-state index in [2.05, 4.69) is 0 Å². The number of primary amides is 1. The molecule has 0 heterocycles. The standard InChI is InChI=1S/C28H30N2O8/c1-30(2)22-17-11-13-10-16-15(12-4-6-14(38-3)7-5-12)8-9-18(31)20(16)23(32)19(13)25(34)28(17,37)26(35)21(24(22)33)27(29)36/h4-9,13,17,21-22,24,31-33,37H,10-11H2,1-3H3,(H2,29,36)/t13-,17-,21?,22-,24?,28-/m1/s1. The van der Waals surface area contributed by atoms with E-state index >= 15 is 0 Å². The number of ketones is 2. The van der Waals surface area contributed by atoms with Crippen molar-refractivity contribution in [3.05, 3.63) is 53.1 Å². The van der Waals surface area contributed by atoms with Crippen molar-refractivity contribution in [2.24, 2.45) is 23.5 Å². The average Bonchev–Trinajstić information content (AvgIpc) is 2.86. The number of aliphatic hydroxyl groups excluding tert-OH is 2. The average molecular weight is 523 g/mol. The van der Waals surface area contributed by atoms with Gasteiger partial charge in [-0.2, -0.15) is 0 Å². The first-order chi connectivity index (χ1) is 17.9. The summed E-state index contributed by atoms with van der Waals surface area (Å²) >= 11 is 0. The maximum atomic E-state index is 13.9. The van der Waals surface area contributed by atoms with Gasteiger partial charge in [-0.25, -0.2) is 0 Å². The fourth-order valence-corrected chi connectivity index (χ4v) is 6.65. The summed E-state index contributed by atoms with van der Waals surface area (Å²) in [5.41, 5.74) is 4.76. The van der Waals surface area contributed by atoms with Crippen LogP contribution in [-0.4, -0.2) is 81.8 Å². The van der Waals surface area contributed by atoms with Gasteiger partial charge >= 0.3 is 0 Å². The number of nitrogens with zero attached hydrogens (tertiary/aromatic N) is 1. The summed E-state index contributed by atoms with van der Waals surface area (Å²) in [6.45, 7) is 0. The Morgan fingerprint density at radius 2 is 1.76 bits per heavy atom. The summed E-state index contributed by atoms with van der Waals surface area (Å²) in [5, 5.41) is 44.7. The monoisotopic (exact) mass is 522 g/mol. The minimum Gasteiger partial charge on any atom is -0.507 e. The molecule has 0 spiro atoms. The minimum atomic E-state index is -2.67. The van der Waals surface area contributed by atoms with E-state index in [-0.39, 0.29) is 29.7 Å². The minimum absolute atomic E-state index is 0.0545. The van der Waals surface area contributed by atoms with E-state index < -0.39 is 58.7 Å². The number of phenolic OH excluding ortho intramolecular Hbond substituents is 1. The van der Waals surface area contributed by atoms with Gasteiger partial charge in [-0.05, 0) is 67.7 Å². The van der Waals surface area contributed by atoms with Gasteiger partial charge in [0, 0.05) is 17.5 Å². The van der Waals surface area contributed by atoms with Crippen LogP contribution in [0.1, 0.15) is 17.5 Å². The number of aromatic hydroxyl groups is 1. The van der Waals surface area contributed by atoms with Crippen molar-refractivity contribution in [1.82, 2.24) is 4.90 Å². The number of likely N-dealkylation sites (N-methyl/N-ethyl adjacent to an activating group) is 1. The van der Waals surface area contributed by atoms with Gasteiger partial charge in [0.05, 0.1) is 18.8 Å². The number of hydrogen-bond acceptors (Lipinski definition) is 9. The third-order valence-corrected chi connectivity index (χ3v) is 8.37. The number of nitrogens with two attached hydrogens (primary N) is 1. The van der Waals surface area contributed by atoms with E-state index in [4.69, 9.17) is 10.5 Å². The number of fused-ring (bicyclic) bond motifs is 3. The molecule has 38 heavy (non-hydrogen) atoms. The van der Waals surface area contributed by atoms with E-state index in [1.54, 1.807) is 44.3 Å². The van der Waals surface area contributed by atoms with Gasteiger partial charge in [-0.1, -0.05) is 18.2 Å². The first-order valence-corrected chi connectivity index (χ1v) is 12.3. The van der Waals surface area contributed by atoms with Gasteiger partial charge in [-0.3, -0.25) is 14.4 Å². The highest BCUT2D eigenvalue weighted by atomic mass is 16.5. The smallest absolute Gasteiger partial charge is 0.230 e. The molecule has 3 aliphatic carbocycles. The predicted molar refractivity (Wildman–Crippen MR) is 136 cm³/mol. The van der Waals surface area contributed by atoms with Gasteiger partial charge in [-0.15, -0.1) is 0 Å². The van der Waals surface area contributed by atoms with Crippen LogP contribution in [0.4, 0.5) is 0 Å². The second-order valence-corrected chi connectivity index (χ2v) is 10.5. The van der Waals surface area contributed by atoms with Crippen molar-refractivity contribution in [2.45, 2.75) is 30.6 Å². The summed E-state index contributed by atoms with van der Waals surface area (Å²) in [7, 11) is 4.79. The van der Waals surface area contributed by atoms with Crippen LogP contribution in [0.25, 0.3) is 16.9 Å². The summed E-state index contributed by atoms with van der Waals surface area (Å²) in [5.74, 6) is -6.95. The molecule has 0 bridgehead atoms. The molecule has 0 aliphatic heterocycles. The number of amides is 1. The molecule has 2 aromatic rings. The Bertz CT molecular complexity index is 1380. The number of methoxy groups -OCH3 is 1. The van der Waals surface area contributed by atoms with Crippen LogP contribution < -0.4 is 10.5 Å². The molecule has 3 aliphatic rings. The van der Waals surface area contributed by atoms with Gasteiger partial charge in [0.25, 0.3) is 0 Å². The number of phenols is 1. The summed E-state index contributed by atoms with van der Waals surface area (Å²) in [4.78, 5) is 41.0. The number of benzene rings is 2. The van der Waals surface area contributed by atoms with Crippen molar-refractivity contribution in [3.8, 4) is 22.6 Å². The summed E-state index contributed by atoms with van der Waals surface area (Å²) < 4.78 is 5.24. The molecule has 2 unspecified atom stereocenters. The second-order valence-electron chi connectivity index (χ2n) is 10.5. The lowest BCUT2D eigenvalue weighted by Gasteiger charge is -2.53. The molecule has 2 aromatic carbocycles. The van der Waals surface area contributed by atoms with E-state index in [1.165, 1.54) is 6.07 Å². The third-order valence-electron chi connectivity index (χ3n) is 8.37. The maximum absolute atomic E-state index is 13.9. The van der Waals surface area contributed by atoms with Crippen LogP contribution in [0.3, 0.4) is 0 Å². The van der Waals surface area contributed by atoms with Crippen molar-refractivity contribution in [3.63, 3.8) is 0 Å². The van der Waals surface area contributed by atoms with Gasteiger partial charge in [0.1, 0.15) is 23.2 Å². The predicted octanol–water partition coefficient (Wildman–Crippen LogP) is 0.805. The normalized spacial score (nSPS) is 30.5. The quantitative estimate of drug-likeness (QED) is 0.365. The lowest BCUT2D eigenvalue weighted by atomic mass is 9.54. The highest BCUT2D eigenvalue weighted by molar-refractivity contribution is 6.25. The van der Waals surface area contributed by atoms with Gasteiger partial charge in [0.2, 0.25) is 11.7 Å². The summed E-state index contributed by atoms with van der Waals surface area (Å²) in [6, 6.07) is 9.46. The van der Waals surface area contributed by atoms with E-state index in [0.29, 0.717) is 11.3 Å².